The lowest BCUT2D eigenvalue weighted by atomic mass is 10.3. The Morgan fingerprint density at radius 1 is 1.67 bits per heavy atom. The Morgan fingerprint density at radius 3 is 3.00 bits per heavy atom. The van der Waals surface area contributed by atoms with E-state index in [1.54, 1.807) is 11.8 Å². The summed E-state index contributed by atoms with van der Waals surface area (Å²) in [4.78, 5) is 17.3. The van der Waals surface area contributed by atoms with Crippen molar-refractivity contribution in [1.29, 1.82) is 0 Å². The highest BCUT2D eigenvalue weighted by Gasteiger charge is 2.28. The van der Waals surface area contributed by atoms with Gasteiger partial charge in [0.25, 0.3) is 0 Å². The Morgan fingerprint density at radius 2 is 2.47 bits per heavy atom. The fourth-order valence-corrected chi connectivity index (χ4v) is 1.66. The van der Waals surface area contributed by atoms with E-state index in [0.29, 0.717) is 24.7 Å². The first-order chi connectivity index (χ1) is 7.16. The maximum atomic E-state index is 11.5. The Kier molecular flexibility index (Phi) is 2.68. The van der Waals surface area contributed by atoms with Gasteiger partial charge in [0.15, 0.2) is 5.82 Å². The highest BCUT2D eigenvalue weighted by atomic mass is 16.5. The second-order valence-corrected chi connectivity index (χ2v) is 3.71. The van der Waals surface area contributed by atoms with Crippen molar-refractivity contribution in [1.82, 2.24) is 15.0 Å². The SMILES string of the molecule is Cc1noc(CCN2CCC(N)C2=O)n1. The van der Waals surface area contributed by atoms with E-state index in [1.165, 1.54) is 0 Å². The van der Waals surface area contributed by atoms with Crippen molar-refractivity contribution >= 4 is 5.91 Å². The summed E-state index contributed by atoms with van der Waals surface area (Å²) in [5.41, 5.74) is 5.60. The number of aromatic nitrogens is 2. The maximum Gasteiger partial charge on any atom is 0.239 e. The van der Waals surface area contributed by atoms with Crippen LogP contribution in [0.3, 0.4) is 0 Å². The van der Waals surface area contributed by atoms with E-state index in [4.69, 9.17) is 10.3 Å². The largest absolute Gasteiger partial charge is 0.341 e. The molecule has 1 fully saturated rings. The van der Waals surface area contributed by atoms with Gasteiger partial charge in [-0.05, 0) is 13.3 Å². The highest BCUT2D eigenvalue weighted by molar-refractivity contribution is 5.83. The van der Waals surface area contributed by atoms with Crippen molar-refractivity contribution in [2.45, 2.75) is 25.8 Å². The number of likely N-dealkylation sites (tertiary alicyclic amines) is 1. The first kappa shape index (κ1) is 10.1. The molecule has 15 heavy (non-hydrogen) atoms. The lowest BCUT2D eigenvalue weighted by Gasteiger charge is -2.13. The van der Waals surface area contributed by atoms with E-state index >= 15 is 0 Å². The van der Waals surface area contributed by atoms with Crippen molar-refractivity contribution < 1.29 is 9.32 Å². The lowest BCUT2D eigenvalue weighted by Crippen LogP contribution is -2.35. The van der Waals surface area contributed by atoms with Gasteiger partial charge >= 0.3 is 0 Å². The molecule has 6 heteroatoms. The van der Waals surface area contributed by atoms with Gasteiger partial charge in [0, 0.05) is 19.5 Å². The van der Waals surface area contributed by atoms with Crippen molar-refractivity contribution in [2.24, 2.45) is 5.73 Å². The van der Waals surface area contributed by atoms with E-state index in [1.807, 2.05) is 0 Å². The molecule has 1 aliphatic rings. The molecule has 82 valence electrons. The molecule has 1 saturated heterocycles. The zero-order valence-electron chi connectivity index (χ0n) is 8.64. The molecule has 1 atom stereocenters. The second-order valence-electron chi connectivity index (χ2n) is 3.71. The summed E-state index contributed by atoms with van der Waals surface area (Å²) >= 11 is 0. The van der Waals surface area contributed by atoms with Gasteiger partial charge in [-0.1, -0.05) is 5.16 Å². The number of nitrogens with zero attached hydrogens (tertiary/aromatic N) is 3. The molecule has 0 aromatic carbocycles. The smallest absolute Gasteiger partial charge is 0.239 e. The van der Waals surface area contributed by atoms with Crippen LogP contribution < -0.4 is 5.73 Å². The van der Waals surface area contributed by atoms with E-state index in [-0.39, 0.29) is 11.9 Å². The van der Waals surface area contributed by atoms with Crippen LogP contribution in [-0.2, 0) is 11.2 Å². The molecule has 0 radical (unpaired) electrons. The summed E-state index contributed by atoms with van der Waals surface area (Å²) in [5.74, 6) is 1.21. The quantitative estimate of drug-likeness (QED) is 0.725. The van der Waals surface area contributed by atoms with Crippen LogP contribution in [-0.4, -0.2) is 40.1 Å². The molecule has 2 heterocycles. The molecule has 1 unspecified atom stereocenters. The summed E-state index contributed by atoms with van der Waals surface area (Å²) in [6.07, 6.45) is 1.33. The Hall–Kier alpha value is -1.43. The molecular weight excluding hydrogens is 196 g/mol. The number of aryl methyl sites for hydroxylation is 1. The fraction of sp³-hybridized carbons (Fsp3) is 0.667. The molecule has 0 saturated carbocycles. The van der Waals surface area contributed by atoms with Crippen molar-refractivity contribution in [2.75, 3.05) is 13.1 Å². The molecule has 1 aromatic heterocycles. The number of nitrogens with two attached hydrogens (primary N) is 1. The third-order valence-electron chi connectivity index (χ3n) is 2.50. The number of rotatable bonds is 3. The third kappa shape index (κ3) is 2.15. The average Bonchev–Trinajstić information content (AvgIpc) is 2.74. The molecule has 0 aliphatic carbocycles. The van der Waals surface area contributed by atoms with Crippen LogP contribution in [0.5, 0.6) is 0 Å². The van der Waals surface area contributed by atoms with Crippen LogP contribution in [0.1, 0.15) is 18.1 Å². The van der Waals surface area contributed by atoms with Crippen LogP contribution in [0.4, 0.5) is 0 Å². The summed E-state index contributed by atoms with van der Waals surface area (Å²) in [6.45, 7) is 3.10. The van der Waals surface area contributed by atoms with Gasteiger partial charge in [-0.3, -0.25) is 4.79 Å². The predicted octanol–water partition coefficient (Wildman–Crippen LogP) is -0.520. The molecule has 0 spiro atoms. The minimum absolute atomic E-state index is 0.0197. The Labute approximate surface area is 87.4 Å². The van der Waals surface area contributed by atoms with Gasteiger partial charge in [-0.15, -0.1) is 0 Å². The molecule has 2 N–H and O–H groups in total. The summed E-state index contributed by atoms with van der Waals surface area (Å²) in [7, 11) is 0. The first-order valence-corrected chi connectivity index (χ1v) is 5.00. The van der Waals surface area contributed by atoms with Gasteiger partial charge in [-0.2, -0.15) is 4.98 Å². The predicted molar refractivity (Wildman–Crippen MR) is 51.9 cm³/mol. The minimum Gasteiger partial charge on any atom is -0.341 e. The van der Waals surface area contributed by atoms with Gasteiger partial charge in [0.1, 0.15) is 0 Å². The zero-order chi connectivity index (χ0) is 10.8. The second kappa shape index (κ2) is 3.98. The fourth-order valence-electron chi connectivity index (χ4n) is 1.66. The molecular formula is C9H14N4O2. The van der Waals surface area contributed by atoms with Gasteiger partial charge < -0.3 is 15.2 Å². The van der Waals surface area contributed by atoms with Crippen LogP contribution in [0.25, 0.3) is 0 Å². The van der Waals surface area contributed by atoms with E-state index in [2.05, 4.69) is 10.1 Å². The molecule has 1 aliphatic heterocycles. The molecule has 1 amide bonds. The molecule has 0 bridgehead atoms. The van der Waals surface area contributed by atoms with Gasteiger partial charge in [0.2, 0.25) is 11.8 Å². The summed E-state index contributed by atoms with van der Waals surface area (Å²) in [6, 6.07) is -0.325. The third-order valence-corrected chi connectivity index (χ3v) is 2.50. The summed E-state index contributed by atoms with van der Waals surface area (Å²) in [5, 5.41) is 3.68. The monoisotopic (exact) mass is 210 g/mol. The van der Waals surface area contributed by atoms with Crippen LogP contribution in [0, 0.1) is 6.92 Å². The normalized spacial score (nSPS) is 21.3. The van der Waals surface area contributed by atoms with Gasteiger partial charge in [-0.25, -0.2) is 0 Å². The number of carbonyl (C=O) groups is 1. The molecule has 1 aromatic rings. The minimum atomic E-state index is -0.325. The first-order valence-electron chi connectivity index (χ1n) is 5.00. The maximum absolute atomic E-state index is 11.5. The van der Waals surface area contributed by atoms with Crippen molar-refractivity contribution in [3.63, 3.8) is 0 Å². The number of carbonyl (C=O) groups excluding carboxylic acids is 1. The topological polar surface area (TPSA) is 85.3 Å². The Bertz CT molecular complexity index is 363. The Balaban J connectivity index is 1.86. The average molecular weight is 210 g/mol. The van der Waals surface area contributed by atoms with E-state index in [0.717, 1.165) is 13.0 Å². The number of hydrogen-bond acceptors (Lipinski definition) is 5. The van der Waals surface area contributed by atoms with Crippen LogP contribution in [0.15, 0.2) is 4.52 Å². The number of hydrogen-bond donors (Lipinski definition) is 1. The van der Waals surface area contributed by atoms with Crippen LogP contribution in [0.2, 0.25) is 0 Å². The summed E-state index contributed by atoms with van der Waals surface area (Å²) < 4.78 is 4.96. The lowest BCUT2D eigenvalue weighted by molar-refractivity contribution is -0.128. The molecule has 6 nitrogen and oxygen atoms in total. The van der Waals surface area contributed by atoms with Crippen molar-refractivity contribution in [3.05, 3.63) is 11.7 Å². The van der Waals surface area contributed by atoms with Gasteiger partial charge in [0.05, 0.1) is 6.04 Å². The van der Waals surface area contributed by atoms with E-state index in [9.17, 15) is 4.79 Å². The molecule has 2 rings (SSSR count). The standard InChI is InChI=1S/C9H14N4O2/c1-6-11-8(15-12-6)3-5-13-4-2-7(10)9(13)14/h7H,2-5,10H2,1H3. The van der Waals surface area contributed by atoms with Crippen LogP contribution >= 0.6 is 0 Å². The zero-order valence-corrected chi connectivity index (χ0v) is 8.64. The number of amides is 1. The van der Waals surface area contributed by atoms with E-state index < -0.39 is 0 Å². The highest BCUT2D eigenvalue weighted by Crippen LogP contribution is 2.09. The van der Waals surface area contributed by atoms with Crippen molar-refractivity contribution in [3.8, 4) is 0 Å².